The average molecular weight is 255 g/mol. The molecule has 0 aliphatic carbocycles. The number of benzene rings is 1. The molecule has 1 saturated heterocycles. The van der Waals surface area contributed by atoms with Crippen LogP contribution in [0.2, 0.25) is 5.02 Å². The molecular formula is C13H19ClN2O. The van der Waals surface area contributed by atoms with Crippen molar-refractivity contribution < 1.29 is 5.11 Å². The van der Waals surface area contributed by atoms with Gasteiger partial charge in [-0.3, -0.25) is 0 Å². The van der Waals surface area contributed by atoms with Gasteiger partial charge in [0, 0.05) is 19.6 Å². The van der Waals surface area contributed by atoms with E-state index in [0.29, 0.717) is 0 Å². The smallest absolute Gasteiger partial charge is 0.0753 e. The van der Waals surface area contributed by atoms with Crippen LogP contribution >= 0.6 is 11.6 Å². The van der Waals surface area contributed by atoms with E-state index < -0.39 is 0 Å². The van der Waals surface area contributed by atoms with Crippen molar-refractivity contribution in [1.82, 2.24) is 5.32 Å². The van der Waals surface area contributed by atoms with Crippen LogP contribution in [0.4, 0.5) is 5.69 Å². The summed E-state index contributed by atoms with van der Waals surface area (Å²) in [5.41, 5.74) is 1.02. The van der Waals surface area contributed by atoms with E-state index in [0.717, 1.165) is 36.8 Å². The molecule has 2 unspecified atom stereocenters. The molecule has 0 saturated carbocycles. The Bertz CT molecular complexity index is 372. The Morgan fingerprint density at radius 3 is 3.00 bits per heavy atom. The number of hydrogen-bond donors (Lipinski definition) is 2. The summed E-state index contributed by atoms with van der Waals surface area (Å²) in [4.78, 5) is 2.22. The summed E-state index contributed by atoms with van der Waals surface area (Å²) < 4.78 is 0. The zero-order chi connectivity index (χ0) is 12.3. The van der Waals surface area contributed by atoms with E-state index >= 15 is 0 Å². The van der Waals surface area contributed by atoms with E-state index in [4.69, 9.17) is 11.6 Å². The van der Waals surface area contributed by atoms with Crippen molar-refractivity contribution in [2.45, 2.75) is 25.5 Å². The van der Waals surface area contributed by atoms with Gasteiger partial charge in [-0.05, 0) is 18.6 Å². The number of nitrogens with one attached hydrogen (secondary N) is 1. The predicted molar refractivity (Wildman–Crippen MR) is 71.8 cm³/mol. The van der Waals surface area contributed by atoms with Crippen molar-refractivity contribution in [2.75, 3.05) is 24.5 Å². The van der Waals surface area contributed by atoms with Crippen molar-refractivity contribution in [3.8, 4) is 0 Å². The molecule has 2 N–H and O–H groups in total. The maximum Gasteiger partial charge on any atom is 0.0753 e. The van der Waals surface area contributed by atoms with Gasteiger partial charge in [0.25, 0.3) is 0 Å². The Kier molecular flexibility index (Phi) is 4.26. The van der Waals surface area contributed by atoms with Gasteiger partial charge in [0.05, 0.1) is 22.9 Å². The number of hydrogen-bond acceptors (Lipinski definition) is 3. The summed E-state index contributed by atoms with van der Waals surface area (Å²) in [7, 11) is 0. The number of halogens is 1. The highest BCUT2D eigenvalue weighted by molar-refractivity contribution is 6.33. The lowest BCUT2D eigenvalue weighted by Gasteiger charge is -2.40. The molecule has 2 atom stereocenters. The zero-order valence-corrected chi connectivity index (χ0v) is 10.8. The van der Waals surface area contributed by atoms with E-state index in [1.165, 1.54) is 0 Å². The molecule has 2 rings (SSSR count). The molecule has 1 heterocycles. The molecule has 0 spiro atoms. The molecule has 3 nitrogen and oxygen atoms in total. The summed E-state index contributed by atoms with van der Waals surface area (Å²) in [6, 6.07) is 7.93. The molecular weight excluding hydrogens is 236 g/mol. The predicted octanol–water partition coefficient (Wildman–Crippen LogP) is 1.89. The Labute approximate surface area is 107 Å². The Hall–Kier alpha value is -0.770. The summed E-state index contributed by atoms with van der Waals surface area (Å²) in [6.07, 6.45) is 0.437. The number of nitrogens with zero attached hydrogens (tertiary/aromatic N) is 1. The van der Waals surface area contributed by atoms with Gasteiger partial charge in [0.1, 0.15) is 0 Å². The Balaban J connectivity index is 2.25. The van der Waals surface area contributed by atoms with E-state index in [2.05, 4.69) is 10.2 Å². The Morgan fingerprint density at radius 1 is 1.53 bits per heavy atom. The molecule has 0 bridgehead atoms. The Morgan fingerprint density at radius 2 is 2.29 bits per heavy atom. The molecule has 0 aromatic heterocycles. The fourth-order valence-corrected chi connectivity index (χ4v) is 2.57. The van der Waals surface area contributed by atoms with E-state index in [9.17, 15) is 5.11 Å². The molecule has 1 aromatic rings. The number of aliphatic hydroxyl groups is 1. The maximum absolute atomic E-state index is 10.1. The topological polar surface area (TPSA) is 35.5 Å². The van der Waals surface area contributed by atoms with Gasteiger partial charge in [-0.1, -0.05) is 30.7 Å². The van der Waals surface area contributed by atoms with Crippen LogP contribution in [0.25, 0.3) is 0 Å². The third kappa shape index (κ3) is 2.73. The van der Waals surface area contributed by atoms with E-state index in [-0.39, 0.29) is 12.1 Å². The summed E-state index contributed by atoms with van der Waals surface area (Å²) in [5, 5.41) is 14.2. The van der Waals surface area contributed by atoms with Gasteiger partial charge in [-0.25, -0.2) is 0 Å². The molecule has 4 heteroatoms. The first-order valence-electron chi connectivity index (χ1n) is 6.14. The largest absolute Gasteiger partial charge is 0.391 e. The normalized spacial score (nSPS) is 22.5. The second-order valence-electron chi connectivity index (χ2n) is 4.39. The van der Waals surface area contributed by atoms with Crippen LogP contribution < -0.4 is 10.2 Å². The highest BCUT2D eigenvalue weighted by Crippen LogP contribution is 2.28. The minimum Gasteiger partial charge on any atom is -0.391 e. The minimum absolute atomic E-state index is 0.105. The lowest BCUT2D eigenvalue weighted by Crippen LogP contribution is -2.56. The highest BCUT2D eigenvalue weighted by atomic mass is 35.5. The van der Waals surface area contributed by atoms with Crippen LogP contribution in [0.15, 0.2) is 24.3 Å². The number of aliphatic hydroxyl groups excluding tert-OH is 1. The molecule has 17 heavy (non-hydrogen) atoms. The van der Waals surface area contributed by atoms with Gasteiger partial charge in [0.15, 0.2) is 0 Å². The first-order valence-corrected chi connectivity index (χ1v) is 6.51. The van der Waals surface area contributed by atoms with Crippen LogP contribution in [-0.4, -0.2) is 36.9 Å². The second-order valence-corrected chi connectivity index (χ2v) is 4.80. The fourth-order valence-electron chi connectivity index (χ4n) is 2.33. The first-order chi connectivity index (χ1) is 8.24. The molecule has 0 radical (unpaired) electrons. The van der Waals surface area contributed by atoms with Gasteiger partial charge in [-0.15, -0.1) is 0 Å². The lowest BCUT2D eigenvalue weighted by molar-refractivity contribution is 0.129. The quantitative estimate of drug-likeness (QED) is 0.865. The first kappa shape index (κ1) is 12.7. The molecule has 94 valence electrons. The van der Waals surface area contributed by atoms with Crippen molar-refractivity contribution in [1.29, 1.82) is 0 Å². The van der Waals surface area contributed by atoms with Crippen molar-refractivity contribution in [3.63, 3.8) is 0 Å². The van der Waals surface area contributed by atoms with Crippen LogP contribution in [0.3, 0.4) is 0 Å². The highest BCUT2D eigenvalue weighted by Gasteiger charge is 2.28. The van der Waals surface area contributed by atoms with E-state index in [1.807, 2.05) is 31.2 Å². The summed E-state index contributed by atoms with van der Waals surface area (Å²) >= 11 is 6.23. The second kappa shape index (κ2) is 5.71. The third-order valence-corrected chi connectivity index (χ3v) is 3.63. The molecule has 0 amide bonds. The molecule has 1 aliphatic rings. The van der Waals surface area contributed by atoms with E-state index in [1.54, 1.807) is 0 Å². The fraction of sp³-hybridized carbons (Fsp3) is 0.538. The number of rotatable bonds is 3. The third-order valence-electron chi connectivity index (χ3n) is 3.31. The minimum atomic E-state index is -0.320. The van der Waals surface area contributed by atoms with Crippen molar-refractivity contribution >= 4 is 17.3 Å². The zero-order valence-electron chi connectivity index (χ0n) is 10.1. The standard InChI is InChI=1S/C13H19ClN2O/c1-2-13(17)12-9-15-7-8-16(12)11-6-4-3-5-10(11)14/h3-6,12-13,15,17H,2,7-9H2,1H3. The van der Waals surface area contributed by atoms with Gasteiger partial charge in [-0.2, -0.15) is 0 Å². The van der Waals surface area contributed by atoms with Gasteiger partial charge < -0.3 is 15.3 Å². The molecule has 1 aliphatic heterocycles. The SMILES string of the molecule is CCC(O)C1CNCCN1c1ccccc1Cl. The van der Waals surface area contributed by atoms with Crippen LogP contribution in [0.5, 0.6) is 0 Å². The van der Waals surface area contributed by atoms with Crippen LogP contribution in [-0.2, 0) is 0 Å². The lowest BCUT2D eigenvalue weighted by atomic mass is 10.0. The summed E-state index contributed by atoms with van der Waals surface area (Å²) in [6.45, 7) is 4.62. The van der Waals surface area contributed by atoms with Crippen molar-refractivity contribution in [2.24, 2.45) is 0 Å². The number of piperazine rings is 1. The van der Waals surface area contributed by atoms with Gasteiger partial charge >= 0.3 is 0 Å². The maximum atomic E-state index is 10.1. The average Bonchev–Trinajstić information content (AvgIpc) is 2.38. The van der Waals surface area contributed by atoms with Gasteiger partial charge in [0.2, 0.25) is 0 Å². The van der Waals surface area contributed by atoms with Crippen molar-refractivity contribution in [3.05, 3.63) is 29.3 Å². The number of anilines is 1. The molecule has 1 aromatic carbocycles. The van der Waals surface area contributed by atoms with Crippen LogP contribution in [0.1, 0.15) is 13.3 Å². The molecule has 1 fully saturated rings. The number of para-hydroxylation sites is 1. The van der Waals surface area contributed by atoms with Crippen LogP contribution in [0, 0.1) is 0 Å². The summed E-state index contributed by atoms with van der Waals surface area (Å²) in [5.74, 6) is 0. The monoisotopic (exact) mass is 254 g/mol.